The van der Waals surface area contributed by atoms with Crippen LogP contribution in [0.2, 0.25) is 0 Å². The van der Waals surface area contributed by atoms with Crippen molar-refractivity contribution in [2.75, 3.05) is 5.32 Å². The van der Waals surface area contributed by atoms with Crippen molar-refractivity contribution < 1.29 is 19.2 Å². The molecule has 0 radical (unpaired) electrons. The molecule has 1 aromatic heterocycles. The molecule has 2 amide bonds. The van der Waals surface area contributed by atoms with E-state index in [1.165, 1.54) is 0 Å². The Hall–Kier alpha value is -3.36. The van der Waals surface area contributed by atoms with Gasteiger partial charge in [0.25, 0.3) is 11.8 Å². The molecule has 9 nitrogen and oxygen atoms in total. The first-order valence-corrected chi connectivity index (χ1v) is 10.5. The van der Waals surface area contributed by atoms with E-state index >= 15 is 0 Å². The molecule has 1 atom stereocenters. The van der Waals surface area contributed by atoms with E-state index in [-0.39, 0.29) is 60.0 Å². The molecule has 3 saturated carbocycles. The lowest BCUT2D eigenvalue weighted by Gasteiger charge is -2.53. The molecule has 31 heavy (non-hydrogen) atoms. The quantitative estimate of drug-likeness (QED) is 0.582. The van der Waals surface area contributed by atoms with Crippen LogP contribution in [0, 0.1) is 5.92 Å². The third kappa shape index (κ3) is 2.68. The van der Waals surface area contributed by atoms with Gasteiger partial charge in [-0.25, -0.2) is 4.68 Å². The van der Waals surface area contributed by atoms with Crippen LogP contribution in [0.5, 0.6) is 0 Å². The molecule has 0 spiro atoms. The first-order valence-electron chi connectivity index (χ1n) is 10.5. The summed E-state index contributed by atoms with van der Waals surface area (Å²) < 4.78 is 1.75. The second-order valence-corrected chi connectivity index (χ2v) is 8.96. The van der Waals surface area contributed by atoms with Crippen LogP contribution in [0.4, 0.5) is 5.69 Å². The molecule has 4 aliphatic rings. The molecule has 9 heteroatoms. The first kappa shape index (κ1) is 19.6. The molecule has 2 heterocycles. The number of imide groups is 1. The summed E-state index contributed by atoms with van der Waals surface area (Å²) >= 11 is 0. The number of nitrogens with one attached hydrogen (secondary N) is 1. The smallest absolute Gasteiger partial charge is 0.264 e. The molecule has 6 rings (SSSR count). The lowest BCUT2D eigenvalue weighted by molar-refractivity contribution is -0.153. The Kier molecular flexibility index (Phi) is 4.15. The van der Waals surface area contributed by atoms with Crippen LogP contribution in [0.3, 0.4) is 0 Å². The van der Waals surface area contributed by atoms with Crippen molar-refractivity contribution in [2.24, 2.45) is 5.92 Å². The number of ketones is 2. The second-order valence-electron chi connectivity index (χ2n) is 8.96. The van der Waals surface area contributed by atoms with Crippen molar-refractivity contribution in [1.82, 2.24) is 19.9 Å². The number of fused-ring (bicyclic) bond motifs is 3. The largest absolute Gasteiger partial charge is 0.376 e. The molecule has 2 bridgehead atoms. The van der Waals surface area contributed by atoms with Crippen LogP contribution < -0.4 is 5.32 Å². The number of benzene rings is 1. The molecule has 3 aliphatic carbocycles. The zero-order valence-electron chi connectivity index (χ0n) is 17.6. The summed E-state index contributed by atoms with van der Waals surface area (Å²) in [6.45, 7) is 5.91. The van der Waals surface area contributed by atoms with Crippen molar-refractivity contribution >= 4 is 29.1 Å². The first-order chi connectivity index (χ1) is 14.7. The number of carbonyl (C=O) groups is 4. The number of rotatable bonds is 5. The van der Waals surface area contributed by atoms with Gasteiger partial charge in [0.1, 0.15) is 17.0 Å². The van der Waals surface area contributed by atoms with Crippen molar-refractivity contribution in [3.63, 3.8) is 0 Å². The maximum Gasteiger partial charge on any atom is 0.264 e. The summed E-state index contributed by atoms with van der Waals surface area (Å²) in [7, 11) is 0. The van der Waals surface area contributed by atoms with Crippen LogP contribution in [-0.2, 0) is 9.59 Å². The number of hydrogen-bond donors (Lipinski definition) is 1. The minimum Gasteiger partial charge on any atom is -0.376 e. The van der Waals surface area contributed by atoms with Gasteiger partial charge in [-0.2, -0.15) is 0 Å². The number of hydrogen-bond acceptors (Lipinski definition) is 7. The number of Topliss-reactive ketones (excluding diaryl/α,β-unsaturated/α-hetero) is 2. The SMILES string of the molecule is CC(Nc1cccc2c1C(=O)N(C13CC(C1)C(=O)CC3=O)C2=O)c1cn(C(C)C)nn1. The highest BCUT2D eigenvalue weighted by Gasteiger charge is 2.64. The predicted molar refractivity (Wildman–Crippen MR) is 109 cm³/mol. The normalized spacial score (nSPS) is 25.7. The Bertz CT molecular complexity index is 1140. The number of nitrogens with zero attached hydrogens (tertiary/aromatic N) is 4. The topological polar surface area (TPSA) is 114 Å². The van der Waals surface area contributed by atoms with Gasteiger partial charge in [-0.3, -0.25) is 24.1 Å². The van der Waals surface area contributed by atoms with E-state index in [2.05, 4.69) is 15.6 Å². The minimum atomic E-state index is -1.17. The number of anilines is 1. The summed E-state index contributed by atoms with van der Waals surface area (Å²) in [4.78, 5) is 52.3. The summed E-state index contributed by atoms with van der Waals surface area (Å²) in [5, 5.41) is 11.6. The predicted octanol–water partition coefficient (Wildman–Crippen LogP) is 2.32. The molecule has 0 saturated heterocycles. The van der Waals surface area contributed by atoms with Crippen molar-refractivity contribution in [2.45, 2.75) is 57.7 Å². The average molecular weight is 421 g/mol. The Morgan fingerprint density at radius 3 is 2.48 bits per heavy atom. The highest BCUT2D eigenvalue weighted by Crippen LogP contribution is 2.51. The molecule has 1 aromatic carbocycles. The number of carbonyl (C=O) groups excluding carboxylic acids is 4. The lowest BCUT2D eigenvalue weighted by atomic mass is 9.57. The Morgan fingerprint density at radius 1 is 1.10 bits per heavy atom. The third-order valence-electron chi connectivity index (χ3n) is 6.69. The van der Waals surface area contributed by atoms with E-state index < -0.39 is 17.4 Å². The third-order valence-corrected chi connectivity index (χ3v) is 6.69. The van der Waals surface area contributed by atoms with Crippen molar-refractivity contribution in [3.8, 4) is 0 Å². The maximum absolute atomic E-state index is 13.4. The van der Waals surface area contributed by atoms with Crippen molar-refractivity contribution in [1.29, 1.82) is 0 Å². The fourth-order valence-electron chi connectivity index (χ4n) is 4.83. The van der Waals surface area contributed by atoms with Crippen molar-refractivity contribution in [3.05, 3.63) is 41.2 Å². The van der Waals surface area contributed by atoms with Gasteiger partial charge >= 0.3 is 0 Å². The minimum absolute atomic E-state index is 0.0888. The van der Waals surface area contributed by atoms with E-state index in [0.717, 1.165) is 4.90 Å². The van der Waals surface area contributed by atoms with Gasteiger partial charge in [-0.15, -0.1) is 5.10 Å². The average Bonchev–Trinajstić information content (AvgIpc) is 3.27. The summed E-state index contributed by atoms with van der Waals surface area (Å²) in [6, 6.07) is 4.97. The zero-order chi connectivity index (χ0) is 22.1. The number of amides is 2. The highest BCUT2D eigenvalue weighted by molar-refractivity contribution is 6.27. The van der Waals surface area contributed by atoms with E-state index in [1.54, 1.807) is 22.9 Å². The molecule has 2 aromatic rings. The lowest BCUT2D eigenvalue weighted by Crippen LogP contribution is -2.68. The summed E-state index contributed by atoms with van der Waals surface area (Å²) in [5.41, 5.74) is 0.584. The fraction of sp³-hybridized carbons (Fsp3) is 0.455. The summed E-state index contributed by atoms with van der Waals surface area (Å²) in [6.07, 6.45) is 2.13. The Balaban J connectivity index is 1.45. The van der Waals surface area contributed by atoms with Gasteiger partial charge < -0.3 is 5.32 Å². The van der Waals surface area contributed by atoms with Crippen LogP contribution in [-0.4, -0.2) is 48.8 Å². The fourth-order valence-corrected chi connectivity index (χ4v) is 4.83. The molecule has 3 fully saturated rings. The van der Waals surface area contributed by atoms with Gasteiger partial charge in [0, 0.05) is 17.6 Å². The van der Waals surface area contributed by atoms with Crippen LogP contribution in [0.25, 0.3) is 0 Å². The maximum atomic E-state index is 13.4. The molecule has 1 N–H and O–H groups in total. The van der Waals surface area contributed by atoms with Gasteiger partial charge in [-0.05, 0) is 45.7 Å². The molecule has 1 unspecified atom stereocenters. The van der Waals surface area contributed by atoms with E-state index in [9.17, 15) is 19.2 Å². The monoisotopic (exact) mass is 421 g/mol. The number of aromatic nitrogens is 3. The van der Waals surface area contributed by atoms with Gasteiger partial charge in [0.05, 0.1) is 29.8 Å². The van der Waals surface area contributed by atoms with Crippen LogP contribution in [0.15, 0.2) is 24.4 Å². The molecular weight excluding hydrogens is 398 g/mol. The summed E-state index contributed by atoms with van der Waals surface area (Å²) in [5.74, 6) is -1.61. The Labute approximate surface area is 178 Å². The highest BCUT2D eigenvalue weighted by atomic mass is 16.2. The molecule has 160 valence electrons. The standard InChI is InChI=1S/C22H23N5O4/c1-11(2)26-10-16(24-25-26)12(3)23-15-6-4-5-14-19(15)21(31)27(20(14)30)22-8-13(9-22)17(28)7-18(22)29/h4-6,10-13,23H,7-9H2,1-3H3. The molecular formula is C22H23N5O4. The second kappa shape index (κ2) is 6.57. The van der Waals surface area contributed by atoms with E-state index in [4.69, 9.17) is 0 Å². The van der Waals surface area contributed by atoms with Gasteiger partial charge in [0.15, 0.2) is 5.78 Å². The zero-order valence-corrected chi connectivity index (χ0v) is 17.6. The van der Waals surface area contributed by atoms with Crippen LogP contribution in [0.1, 0.15) is 78.5 Å². The van der Waals surface area contributed by atoms with E-state index in [1.807, 2.05) is 27.0 Å². The Morgan fingerprint density at radius 2 is 1.84 bits per heavy atom. The van der Waals surface area contributed by atoms with Gasteiger partial charge in [-0.1, -0.05) is 11.3 Å². The molecule has 1 aliphatic heterocycles. The van der Waals surface area contributed by atoms with Gasteiger partial charge in [0.2, 0.25) is 0 Å². The van der Waals surface area contributed by atoms with Crippen LogP contribution >= 0.6 is 0 Å². The van der Waals surface area contributed by atoms with E-state index in [0.29, 0.717) is 11.4 Å².